The number of nitrogens with zero attached hydrogens (tertiary/aromatic N) is 4. The van der Waals surface area contributed by atoms with Gasteiger partial charge in [-0.1, -0.05) is 11.6 Å². The average Bonchev–Trinajstić information content (AvgIpc) is 2.90. The van der Waals surface area contributed by atoms with E-state index in [4.69, 9.17) is 11.6 Å². The van der Waals surface area contributed by atoms with E-state index in [-0.39, 0.29) is 5.91 Å². The number of likely N-dealkylation sites (tertiary alicyclic amines) is 1. The minimum absolute atomic E-state index is 0.238. The predicted molar refractivity (Wildman–Crippen MR) is 102 cm³/mol. The lowest BCUT2D eigenvalue weighted by Crippen LogP contribution is -2.46. The number of hydrogen-bond donors (Lipinski definition) is 0. The van der Waals surface area contributed by atoms with Gasteiger partial charge in [0, 0.05) is 37.5 Å². The minimum Gasteiger partial charge on any atom is -0.340 e. The van der Waals surface area contributed by atoms with E-state index in [1.54, 1.807) is 0 Å². The summed E-state index contributed by atoms with van der Waals surface area (Å²) in [6.07, 6.45) is 3.30. The van der Waals surface area contributed by atoms with Crippen LogP contribution in [-0.2, 0) is 18.3 Å². The van der Waals surface area contributed by atoms with Crippen LogP contribution in [0.2, 0.25) is 5.02 Å². The summed E-state index contributed by atoms with van der Waals surface area (Å²) < 4.78 is 2.06. The Hall–Kier alpha value is -1.59. The number of hydrogen-bond acceptors (Lipinski definition) is 3. The maximum Gasteiger partial charge on any atom is 0.223 e. The van der Waals surface area contributed by atoms with Crippen LogP contribution in [0.4, 0.5) is 0 Å². The first-order valence-electron chi connectivity index (χ1n) is 9.08. The van der Waals surface area contributed by atoms with Crippen LogP contribution in [0.5, 0.6) is 0 Å². The number of amides is 1. The third-order valence-electron chi connectivity index (χ3n) is 5.29. The molecule has 1 aromatic heterocycles. The van der Waals surface area contributed by atoms with E-state index in [0.717, 1.165) is 49.3 Å². The SMILES string of the molecule is CCN(C(=O)CCc1nc2cc(Cl)ccc2n1C)C1CCN(C)CC1. The van der Waals surface area contributed by atoms with Crippen molar-refractivity contribution in [1.82, 2.24) is 19.4 Å². The summed E-state index contributed by atoms with van der Waals surface area (Å²) in [6.45, 7) is 5.00. The molecule has 0 bridgehead atoms. The van der Waals surface area contributed by atoms with Gasteiger partial charge in [-0.3, -0.25) is 4.79 Å². The third kappa shape index (κ3) is 3.98. The first-order chi connectivity index (χ1) is 12.0. The molecule has 25 heavy (non-hydrogen) atoms. The molecule has 0 unspecified atom stereocenters. The summed E-state index contributed by atoms with van der Waals surface area (Å²) >= 11 is 6.05. The first-order valence-corrected chi connectivity index (χ1v) is 9.46. The van der Waals surface area contributed by atoms with Gasteiger partial charge in [-0.2, -0.15) is 0 Å². The molecular weight excluding hydrogens is 336 g/mol. The molecule has 0 spiro atoms. The molecule has 136 valence electrons. The van der Waals surface area contributed by atoms with Gasteiger partial charge in [-0.15, -0.1) is 0 Å². The Labute approximate surface area is 154 Å². The summed E-state index contributed by atoms with van der Waals surface area (Å²) in [5, 5.41) is 0.688. The molecule has 5 nitrogen and oxygen atoms in total. The summed E-state index contributed by atoms with van der Waals surface area (Å²) in [7, 11) is 4.14. The molecule has 0 radical (unpaired) electrons. The Morgan fingerprint density at radius 3 is 2.72 bits per heavy atom. The van der Waals surface area contributed by atoms with Crippen molar-refractivity contribution in [1.29, 1.82) is 0 Å². The molecule has 1 aromatic carbocycles. The van der Waals surface area contributed by atoms with Crippen LogP contribution in [-0.4, -0.2) is 58.0 Å². The van der Waals surface area contributed by atoms with E-state index in [0.29, 0.717) is 23.9 Å². The van der Waals surface area contributed by atoms with Crippen LogP contribution >= 0.6 is 11.6 Å². The lowest BCUT2D eigenvalue weighted by molar-refractivity contribution is -0.134. The highest BCUT2D eigenvalue weighted by molar-refractivity contribution is 6.31. The van der Waals surface area contributed by atoms with Crippen LogP contribution in [0, 0.1) is 0 Å². The number of piperidine rings is 1. The maximum absolute atomic E-state index is 12.8. The van der Waals surface area contributed by atoms with Gasteiger partial charge in [0.05, 0.1) is 11.0 Å². The van der Waals surface area contributed by atoms with Gasteiger partial charge in [0.25, 0.3) is 0 Å². The molecule has 2 aromatic rings. The Bertz CT molecular complexity index is 749. The number of aromatic nitrogens is 2. The Morgan fingerprint density at radius 2 is 2.04 bits per heavy atom. The van der Waals surface area contributed by atoms with E-state index < -0.39 is 0 Å². The molecule has 0 saturated carbocycles. The summed E-state index contributed by atoms with van der Waals surface area (Å²) in [5.41, 5.74) is 1.94. The quantitative estimate of drug-likeness (QED) is 0.820. The van der Waals surface area contributed by atoms with Crippen molar-refractivity contribution in [2.75, 3.05) is 26.7 Å². The molecule has 0 atom stereocenters. The van der Waals surface area contributed by atoms with Crippen molar-refractivity contribution in [3.8, 4) is 0 Å². The fourth-order valence-corrected chi connectivity index (χ4v) is 3.92. The van der Waals surface area contributed by atoms with E-state index >= 15 is 0 Å². The second-order valence-corrected chi connectivity index (χ2v) is 7.37. The van der Waals surface area contributed by atoms with Gasteiger partial charge in [0.2, 0.25) is 5.91 Å². The van der Waals surface area contributed by atoms with Gasteiger partial charge >= 0.3 is 0 Å². The molecule has 3 rings (SSSR count). The van der Waals surface area contributed by atoms with Gasteiger partial charge in [-0.05, 0) is 58.1 Å². The van der Waals surface area contributed by atoms with Gasteiger partial charge < -0.3 is 14.4 Å². The first kappa shape index (κ1) is 18.2. The molecule has 6 heteroatoms. The number of imidazole rings is 1. The zero-order chi connectivity index (χ0) is 18.0. The summed E-state index contributed by atoms with van der Waals surface area (Å²) in [4.78, 5) is 21.8. The zero-order valence-electron chi connectivity index (χ0n) is 15.3. The van der Waals surface area contributed by atoms with Crippen molar-refractivity contribution in [2.24, 2.45) is 7.05 Å². The van der Waals surface area contributed by atoms with Gasteiger partial charge in [0.15, 0.2) is 0 Å². The second-order valence-electron chi connectivity index (χ2n) is 6.93. The number of aryl methyl sites for hydroxylation is 2. The van der Waals surface area contributed by atoms with Crippen molar-refractivity contribution >= 4 is 28.5 Å². The van der Waals surface area contributed by atoms with E-state index in [1.165, 1.54) is 0 Å². The number of fused-ring (bicyclic) bond motifs is 1. The van der Waals surface area contributed by atoms with E-state index in [9.17, 15) is 4.79 Å². The van der Waals surface area contributed by atoms with Crippen LogP contribution in [0.1, 0.15) is 32.0 Å². The molecular formula is C19H27ClN4O. The average molecular weight is 363 g/mol. The molecule has 1 fully saturated rings. The van der Waals surface area contributed by atoms with Crippen LogP contribution in [0.3, 0.4) is 0 Å². The van der Waals surface area contributed by atoms with Crippen molar-refractivity contribution in [3.63, 3.8) is 0 Å². The lowest BCUT2D eigenvalue weighted by Gasteiger charge is -2.36. The molecule has 1 amide bonds. The second kappa shape index (κ2) is 7.75. The Kier molecular flexibility index (Phi) is 5.64. The fourth-order valence-electron chi connectivity index (χ4n) is 3.75. The van der Waals surface area contributed by atoms with E-state index in [1.807, 2.05) is 25.2 Å². The summed E-state index contributed by atoms with van der Waals surface area (Å²) in [6, 6.07) is 6.11. The van der Waals surface area contributed by atoms with Crippen molar-refractivity contribution in [2.45, 2.75) is 38.6 Å². The smallest absolute Gasteiger partial charge is 0.223 e. The monoisotopic (exact) mass is 362 g/mol. The van der Waals surface area contributed by atoms with Crippen LogP contribution in [0.25, 0.3) is 11.0 Å². The normalized spacial score (nSPS) is 16.5. The fraction of sp³-hybridized carbons (Fsp3) is 0.579. The highest BCUT2D eigenvalue weighted by Gasteiger charge is 2.25. The number of carbonyl (C=O) groups excluding carboxylic acids is 1. The zero-order valence-corrected chi connectivity index (χ0v) is 16.1. The maximum atomic E-state index is 12.8. The highest BCUT2D eigenvalue weighted by atomic mass is 35.5. The Balaban J connectivity index is 1.66. The molecule has 0 N–H and O–H groups in total. The van der Waals surface area contributed by atoms with Crippen molar-refractivity contribution < 1.29 is 4.79 Å². The van der Waals surface area contributed by atoms with Gasteiger partial charge in [-0.25, -0.2) is 4.98 Å². The standard InChI is InChI=1S/C19H27ClN4O/c1-4-24(15-9-11-22(2)12-10-15)19(25)8-7-18-21-16-13-14(20)5-6-17(16)23(18)3/h5-6,13,15H,4,7-12H2,1-3H3. The minimum atomic E-state index is 0.238. The topological polar surface area (TPSA) is 41.4 Å². The molecule has 1 saturated heterocycles. The largest absolute Gasteiger partial charge is 0.340 e. The molecule has 1 aliphatic rings. The summed E-state index contributed by atoms with van der Waals surface area (Å²) in [5.74, 6) is 1.17. The molecule has 1 aliphatic heterocycles. The number of rotatable bonds is 5. The predicted octanol–water partition coefficient (Wildman–Crippen LogP) is 3.10. The van der Waals surface area contributed by atoms with Gasteiger partial charge in [0.1, 0.15) is 5.82 Å². The number of halogens is 1. The third-order valence-corrected chi connectivity index (χ3v) is 5.52. The van der Waals surface area contributed by atoms with Crippen molar-refractivity contribution in [3.05, 3.63) is 29.0 Å². The van der Waals surface area contributed by atoms with Crippen LogP contribution in [0.15, 0.2) is 18.2 Å². The highest BCUT2D eigenvalue weighted by Crippen LogP contribution is 2.21. The Morgan fingerprint density at radius 1 is 1.32 bits per heavy atom. The lowest BCUT2D eigenvalue weighted by atomic mass is 10.0. The number of benzene rings is 1. The number of carbonyl (C=O) groups is 1. The molecule has 0 aliphatic carbocycles. The van der Waals surface area contributed by atoms with Crippen LogP contribution < -0.4 is 0 Å². The van der Waals surface area contributed by atoms with E-state index in [2.05, 4.69) is 33.3 Å². The molecule has 2 heterocycles.